The summed E-state index contributed by atoms with van der Waals surface area (Å²) < 4.78 is 22.5. The Morgan fingerprint density at radius 3 is 2.83 bits per heavy atom. The number of hydrogen-bond acceptors (Lipinski definition) is 7. The molecule has 0 saturated heterocycles. The molecule has 120 valence electrons. The van der Waals surface area contributed by atoms with E-state index in [9.17, 15) is 4.21 Å². The monoisotopic (exact) mass is 349 g/mol. The first-order valence-corrected chi connectivity index (χ1v) is 9.26. The number of hydrogen-bond donors (Lipinski definition) is 0. The summed E-state index contributed by atoms with van der Waals surface area (Å²) in [7, 11) is 0.488. The predicted molar refractivity (Wildman–Crippen MR) is 88.1 cm³/mol. The third kappa shape index (κ3) is 4.31. The van der Waals surface area contributed by atoms with Gasteiger partial charge in [0.2, 0.25) is 0 Å². The number of nitrogens with zero attached hydrogens (tertiary/aromatic N) is 3. The molecule has 0 aliphatic rings. The highest BCUT2D eigenvalue weighted by atomic mass is 32.2. The molecule has 2 aromatic heterocycles. The number of rotatable bonds is 7. The van der Waals surface area contributed by atoms with Gasteiger partial charge in [-0.05, 0) is 12.1 Å². The Hall–Kier alpha value is -1.90. The van der Waals surface area contributed by atoms with E-state index < -0.39 is 10.8 Å². The van der Waals surface area contributed by atoms with Gasteiger partial charge in [-0.25, -0.2) is 4.98 Å². The van der Waals surface area contributed by atoms with Crippen LogP contribution in [0.15, 0.2) is 40.2 Å². The first kappa shape index (κ1) is 16.0. The highest BCUT2D eigenvalue weighted by molar-refractivity contribution is 7.83. The van der Waals surface area contributed by atoms with Crippen molar-refractivity contribution in [2.75, 3.05) is 7.11 Å². The van der Waals surface area contributed by atoms with Crippen LogP contribution in [-0.4, -0.2) is 26.4 Å². The second-order valence-electron chi connectivity index (χ2n) is 4.78. The van der Waals surface area contributed by atoms with Crippen molar-refractivity contribution in [3.63, 3.8) is 0 Å². The van der Waals surface area contributed by atoms with Crippen LogP contribution in [-0.2, 0) is 33.6 Å². The van der Waals surface area contributed by atoms with E-state index in [4.69, 9.17) is 9.26 Å². The predicted octanol–water partition coefficient (Wildman–Crippen LogP) is 2.79. The zero-order chi connectivity index (χ0) is 16.1. The van der Waals surface area contributed by atoms with Crippen molar-refractivity contribution in [2.45, 2.75) is 18.1 Å². The Bertz CT molecular complexity index is 786. The van der Waals surface area contributed by atoms with Crippen LogP contribution < -0.4 is 0 Å². The zero-order valence-corrected chi connectivity index (χ0v) is 14.1. The highest BCUT2D eigenvalue weighted by Gasteiger charge is 2.13. The van der Waals surface area contributed by atoms with Crippen LogP contribution in [0.25, 0.3) is 11.5 Å². The van der Waals surface area contributed by atoms with E-state index in [0.29, 0.717) is 24.1 Å². The number of benzene rings is 1. The standard InChI is InChI=1S/C15H15N3O3S2/c1-20-7-14-16-12(8-22-14)9-23(19)10-13-17-15(21-18-13)11-5-3-2-4-6-11/h2-6,8H,7,9-10H2,1H3/t23-/m0/s1. The molecule has 0 saturated carbocycles. The molecule has 0 amide bonds. The maximum absolute atomic E-state index is 12.2. The number of ether oxygens (including phenoxy) is 1. The SMILES string of the molecule is COCc1nc(C[S@](=O)Cc2noc(-c3ccccc3)n2)cs1. The quantitative estimate of drug-likeness (QED) is 0.653. The topological polar surface area (TPSA) is 78.1 Å². The zero-order valence-electron chi connectivity index (χ0n) is 12.5. The van der Waals surface area contributed by atoms with Crippen molar-refractivity contribution in [1.29, 1.82) is 0 Å². The van der Waals surface area contributed by atoms with Gasteiger partial charge in [0.15, 0.2) is 5.82 Å². The van der Waals surface area contributed by atoms with Gasteiger partial charge in [0.25, 0.3) is 5.89 Å². The molecule has 8 heteroatoms. The molecule has 0 bridgehead atoms. The lowest BCUT2D eigenvalue weighted by Crippen LogP contribution is -2.01. The summed E-state index contributed by atoms with van der Waals surface area (Å²) in [6, 6.07) is 9.50. The lowest BCUT2D eigenvalue weighted by atomic mass is 10.2. The van der Waals surface area contributed by atoms with Crippen molar-refractivity contribution in [2.24, 2.45) is 0 Å². The molecule has 0 aliphatic heterocycles. The fourth-order valence-corrected chi connectivity index (χ4v) is 3.83. The summed E-state index contributed by atoms with van der Waals surface area (Å²) in [5.74, 6) is 1.49. The van der Waals surface area contributed by atoms with E-state index in [2.05, 4.69) is 15.1 Å². The summed E-state index contributed by atoms with van der Waals surface area (Å²) in [5, 5.41) is 6.67. The molecule has 23 heavy (non-hydrogen) atoms. The van der Waals surface area contributed by atoms with Crippen LogP contribution in [0.2, 0.25) is 0 Å². The van der Waals surface area contributed by atoms with Gasteiger partial charge in [-0.3, -0.25) is 4.21 Å². The average Bonchev–Trinajstić information content (AvgIpc) is 3.18. The Kier molecular flexibility index (Phi) is 5.27. The first-order chi connectivity index (χ1) is 11.2. The second kappa shape index (κ2) is 7.58. The minimum atomic E-state index is -1.14. The van der Waals surface area contributed by atoms with Gasteiger partial charge in [0.05, 0.1) is 23.8 Å². The van der Waals surface area contributed by atoms with Gasteiger partial charge in [-0.2, -0.15) is 4.98 Å². The summed E-state index contributed by atoms with van der Waals surface area (Å²) in [5.41, 5.74) is 1.65. The second-order valence-corrected chi connectivity index (χ2v) is 7.18. The Morgan fingerprint density at radius 2 is 2.04 bits per heavy atom. The lowest BCUT2D eigenvalue weighted by Gasteiger charge is -1.96. The Labute approximate surface area is 140 Å². The molecule has 1 aromatic carbocycles. The van der Waals surface area contributed by atoms with Crippen LogP contribution in [0.4, 0.5) is 0 Å². The highest BCUT2D eigenvalue weighted by Crippen LogP contribution is 2.17. The normalized spacial score (nSPS) is 12.4. The summed E-state index contributed by atoms with van der Waals surface area (Å²) in [6.07, 6.45) is 0. The molecule has 0 fully saturated rings. The van der Waals surface area contributed by atoms with Gasteiger partial charge in [0, 0.05) is 28.9 Å². The smallest absolute Gasteiger partial charge is 0.257 e. The fraction of sp³-hybridized carbons (Fsp3) is 0.267. The van der Waals surface area contributed by atoms with Crippen molar-refractivity contribution in [3.05, 3.63) is 52.2 Å². The first-order valence-electron chi connectivity index (χ1n) is 6.90. The van der Waals surface area contributed by atoms with E-state index in [1.807, 2.05) is 35.7 Å². The van der Waals surface area contributed by atoms with Crippen LogP contribution in [0.1, 0.15) is 16.5 Å². The lowest BCUT2D eigenvalue weighted by molar-refractivity contribution is 0.184. The van der Waals surface area contributed by atoms with Crippen LogP contribution in [0.3, 0.4) is 0 Å². The van der Waals surface area contributed by atoms with Crippen LogP contribution in [0, 0.1) is 0 Å². The maximum atomic E-state index is 12.2. The van der Waals surface area contributed by atoms with E-state index in [-0.39, 0.29) is 5.75 Å². The minimum absolute atomic E-state index is 0.244. The molecule has 3 rings (SSSR count). The molecule has 3 aromatic rings. The molecule has 0 radical (unpaired) electrons. The van der Waals surface area contributed by atoms with E-state index in [1.165, 1.54) is 11.3 Å². The van der Waals surface area contributed by atoms with Gasteiger partial charge < -0.3 is 9.26 Å². The molecule has 0 aliphatic carbocycles. The largest absolute Gasteiger partial charge is 0.378 e. The van der Waals surface area contributed by atoms with Crippen molar-refractivity contribution in [1.82, 2.24) is 15.1 Å². The van der Waals surface area contributed by atoms with Crippen molar-refractivity contribution >= 4 is 22.1 Å². The third-order valence-corrected chi connectivity index (χ3v) is 5.02. The Morgan fingerprint density at radius 1 is 1.22 bits per heavy atom. The molecule has 2 heterocycles. The maximum Gasteiger partial charge on any atom is 0.257 e. The van der Waals surface area contributed by atoms with Gasteiger partial charge in [-0.15, -0.1) is 11.3 Å². The van der Waals surface area contributed by atoms with Gasteiger partial charge >= 0.3 is 0 Å². The fourth-order valence-electron chi connectivity index (χ4n) is 1.98. The van der Waals surface area contributed by atoms with E-state index in [0.717, 1.165) is 16.3 Å². The summed E-state index contributed by atoms with van der Waals surface area (Å²) in [4.78, 5) is 8.66. The van der Waals surface area contributed by atoms with Crippen molar-refractivity contribution in [3.8, 4) is 11.5 Å². The Balaban J connectivity index is 1.60. The molecule has 6 nitrogen and oxygen atoms in total. The van der Waals surface area contributed by atoms with E-state index >= 15 is 0 Å². The molecule has 0 unspecified atom stereocenters. The van der Waals surface area contributed by atoms with Crippen molar-refractivity contribution < 1.29 is 13.5 Å². The number of methoxy groups -OCH3 is 1. The van der Waals surface area contributed by atoms with E-state index in [1.54, 1.807) is 7.11 Å². The molecular weight excluding hydrogens is 334 g/mol. The molecule has 1 atom stereocenters. The minimum Gasteiger partial charge on any atom is -0.378 e. The summed E-state index contributed by atoms with van der Waals surface area (Å²) >= 11 is 1.50. The van der Waals surface area contributed by atoms with Crippen LogP contribution >= 0.6 is 11.3 Å². The molecule has 0 spiro atoms. The summed E-state index contributed by atoms with van der Waals surface area (Å²) in [6.45, 7) is 0.475. The van der Waals surface area contributed by atoms with Gasteiger partial charge in [0.1, 0.15) is 5.01 Å². The molecule has 0 N–H and O–H groups in total. The third-order valence-electron chi connectivity index (χ3n) is 2.95. The number of thiazole rings is 1. The van der Waals surface area contributed by atoms with Gasteiger partial charge in [-0.1, -0.05) is 23.4 Å². The number of aromatic nitrogens is 3. The molecular formula is C15H15N3O3S2. The average molecular weight is 349 g/mol. The van der Waals surface area contributed by atoms with Crippen LogP contribution in [0.5, 0.6) is 0 Å².